The summed E-state index contributed by atoms with van der Waals surface area (Å²) in [6, 6.07) is 1.63. The maximum absolute atomic E-state index is 12.8. The average molecular weight is 360 g/mol. The van der Waals surface area contributed by atoms with Gasteiger partial charge < -0.3 is 14.5 Å². The number of aromatic nitrogens is 2. The summed E-state index contributed by atoms with van der Waals surface area (Å²) in [6.07, 6.45) is 4.23. The summed E-state index contributed by atoms with van der Waals surface area (Å²) >= 11 is 0. The van der Waals surface area contributed by atoms with Gasteiger partial charge in [0.15, 0.2) is 0 Å². The minimum Gasteiger partial charge on any atom is -0.466 e. The fourth-order valence-corrected chi connectivity index (χ4v) is 4.07. The third-order valence-corrected chi connectivity index (χ3v) is 5.43. The van der Waals surface area contributed by atoms with Gasteiger partial charge in [0, 0.05) is 39.0 Å². The summed E-state index contributed by atoms with van der Waals surface area (Å²) in [5.74, 6) is -0.570. The zero-order valence-electron chi connectivity index (χ0n) is 15.2. The Morgan fingerprint density at radius 2 is 2.04 bits per heavy atom. The van der Waals surface area contributed by atoms with Crippen molar-refractivity contribution in [3.05, 3.63) is 24.0 Å². The lowest BCUT2D eigenvalue weighted by Gasteiger charge is -2.31. The van der Waals surface area contributed by atoms with Crippen LogP contribution in [0.1, 0.15) is 37.0 Å². The van der Waals surface area contributed by atoms with E-state index in [1.807, 2.05) is 0 Å². The highest BCUT2D eigenvalue weighted by molar-refractivity contribution is 5.94. The standard InChI is InChI=1S/C18H24N4O4/c1-3-26-17(25)18-6-4-8-21(16(24)14-5-7-19-20-9-14)10-15(18)11-22(12-18)13(2)23/h5,7,9,15H,3-4,6,8,10-12H2,1-2H3/t15-,18-/m0/s1. The first-order valence-electron chi connectivity index (χ1n) is 8.96. The monoisotopic (exact) mass is 360 g/mol. The minimum absolute atomic E-state index is 0.0574. The van der Waals surface area contributed by atoms with Crippen molar-refractivity contribution in [1.82, 2.24) is 20.0 Å². The molecule has 3 heterocycles. The largest absolute Gasteiger partial charge is 0.466 e. The SMILES string of the molecule is CCOC(=O)[C@]12CCCN(C(=O)c3ccnnc3)C[C@H]1CN(C(C)=O)C2. The number of carbonyl (C=O) groups is 3. The molecule has 0 aliphatic carbocycles. The third kappa shape index (κ3) is 3.27. The Hall–Kier alpha value is -2.51. The Labute approximate surface area is 152 Å². The number of carbonyl (C=O) groups excluding carboxylic acids is 3. The van der Waals surface area contributed by atoms with Gasteiger partial charge in [-0.25, -0.2) is 0 Å². The van der Waals surface area contributed by atoms with E-state index in [-0.39, 0.29) is 23.7 Å². The summed E-state index contributed by atoms with van der Waals surface area (Å²) in [6.45, 7) is 5.42. The third-order valence-electron chi connectivity index (χ3n) is 5.43. The smallest absolute Gasteiger partial charge is 0.314 e. The molecular weight excluding hydrogens is 336 g/mol. The highest BCUT2D eigenvalue weighted by Crippen LogP contribution is 2.44. The van der Waals surface area contributed by atoms with Crippen LogP contribution < -0.4 is 0 Å². The maximum atomic E-state index is 12.8. The van der Waals surface area contributed by atoms with Crippen molar-refractivity contribution in [2.24, 2.45) is 11.3 Å². The van der Waals surface area contributed by atoms with Crippen molar-refractivity contribution in [2.75, 3.05) is 32.8 Å². The molecule has 2 atom stereocenters. The second-order valence-corrected chi connectivity index (χ2v) is 6.96. The molecule has 0 bridgehead atoms. The van der Waals surface area contributed by atoms with Crippen LogP contribution in [-0.4, -0.2) is 70.6 Å². The molecule has 0 saturated carbocycles. The number of fused-ring (bicyclic) bond motifs is 1. The lowest BCUT2D eigenvalue weighted by molar-refractivity contribution is -0.157. The summed E-state index contributed by atoms with van der Waals surface area (Å²) in [4.78, 5) is 41.0. The molecule has 0 N–H and O–H groups in total. The molecular formula is C18H24N4O4. The fourth-order valence-electron chi connectivity index (χ4n) is 4.07. The number of likely N-dealkylation sites (tertiary alicyclic amines) is 2. The van der Waals surface area contributed by atoms with Crippen molar-refractivity contribution >= 4 is 17.8 Å². The van der Waals surface area contributed by atoms with Crippen molar-refractivity contribution < 1.29 is 19.1 Å². The van der Waals surface area contributed by atoms with Crippen LogP contribution in [0.3, 0.4) is 0 Å². The van der Waals surface area contributed by atoms with E-state index in [1.54, 1.807) is 22.8 Å². The fraction of sp³-hybridized carbons (Fsp3) is 0.611. The van der Waals surface area contributed by atoms with E-state index in [0.29, 0.717) is 51.2 Å². The number of hydrogen-bond acceptors (Lipinski definition) is 6. The molecule has 8 heteroatoms. The van der Waals surface area contributed by atoms with Gasteiger partial charge in [0.25, 0.3) is 5.91 Å². The van der Waals surface area contributed by atoms with E-state index in [9.17, 15) is 14.4 Å². The lowest BCUT2D eigenvalue weighted by Crippen LogP contribution is -2.43. The molecule has 0 spiro atoms. The van der Waals surface area contributed by atoms with Gasteiger partial charge in [-0.05, 0) is 25.8 Å². The zero-order chi connectivity index (χ0) is 18.7. The molecule has 0 aromatic carbocycles. The molecule has 26 heavy (non-hydrogen) atoms. The second kappa shape index (κ2) is 7.39. The van der Waals surface area contributed by atoms with Gasteiger partial charge in [-0.1, -0.05) is 0 Å². The number of rotatable bonds is 3. The topological polar surface area (TPSA) is 92.7 Å². The van der Waals surface area contributed by atoms with Gasteiger partial charge in [0.05, 0.1) is 30.0 Å². The Morgan fingerprint density at radius 3 is 2.69 bits per heavy atom. The van der Waals surface area contributed by atoms with Gasteiger partial charge in [-0.2, -0.15) is 10.2 Å². The highest BCUT2D eigenvalue weighted by Gasteiger charge is 2.55. The van der Waals surface area contributed by atoms with Crippen LogP contribution in [0.5, 0.6) is 0 Å². The first-order chi connectivity index (χ1) is 12.5. The van der Waals surface area contributed by atoms with Crippen LogP contribution in [0.15, 0.2) is 18.5 Å². The van der Waals surface area contributed by atoms with E-state index in [2.05, 4.69) is 10.2 Å². The lowest BCUT2D eigenvalue weighted by atomic mass is 9.75. The van der Waals surface area contributed by atoms with Crippen LogP contribution in [-0.2, 0) is 14.3 Å². The summed E-state index contributed by atoms with van der Waals surface area (Å²) in [7, 11) is 0. The van der Waals surface area contributed by atoms with Gasteiger partial charge in [-0.15, -0.1) is 0 Å². The van der Waals surface area contributed by atoms with Crippen molar-refractivity contribution in [3.8, 4) is 0 Å². The molecule has 2 aliphatic heterocycles. The Morgan fingerprint density at radius 1 is 1.27 bits per heavy atom. The Kier molecular flexibility index (Phi) is 5.20. The molecule has 2 amide bonds. The van der Waals surface area contributed by atoms with Crippen molar-refractivity contribution in [3.63, 3.8) is 0 Å². The van der Waals surface area contributed by atoms with Crippen molar-refractivity contribution in [1.29, 1.82) is 0 Å². The van der Waals surface area contributed by atoms with Gasteiger partial charge in [0.1, 0.15) is 0 Å². The van der Waals surface area contributed by atoms with Crippen molar-refractivity contribution in [2.45, 2.75) is 26.7 Å². The summed E-state index contributed by atoms with van der Waals surface area (Å²) < 4.78 is 5.35. The number of nitrogens with zero attached hydrogens (tertiary/aromatic N) is 4. The second-order valence-electron chi connectivity index (χ2n) is 6.96. The molecule has 2 fully saturated rings. The predicted octanol–water partition coefficient (Wildman–Crippen LogP) is 0.740. The van der Waals surface area contributed by atoms with Crippen LogP contribution >= 0.6 is 0 Å². The quantitative estimate of drug-likeness (QED) is 0.738. The minimum atomic E-state index is -0.729. The molecule has 140 valence electrons. The van der Waals surface area contributed by atoms with Gasteiger partial charge >= 0.3 is 5.97 Å². The first-order valence-corrected chi connectivity index (χ1v) is 8.96. The van der Waals surface area contributed by atoms with Crippen LogP contribution in [0, 0.1) is 11.3 Å². The zero-order valence-corrected chi connectivity index (χ0v) is 15.2. The summed E-state index contributed by atoms with van der Waals surface area (Å²) in [5.41, 5.74) is -0.252. The van der Waals surface area contributed by atoms with E-state index in [1.165, 1.54) is 19.3 Å². The molecule has 1 aromatic heterocycles. The normalized spacial score (nSPS) is 25.4. The molecule has 0 unspecified atom stereocenters. The van der Waals surface area contributed by atoms with Crippen LogP contribution in [0.4, 0.5) is 0 Å². The molecule has 2 saturated heterocycles. The van der Waals surface area contributed by atoms with E-state index < -0.39 is 5.41 Å². The Balaban J connectivity index is 1.86. The number of esters is 1. The average Bonchev–Trinajstić information content (AvgIpc) is 2.91. The number of ether oxygens (including phenoxy) is 1. The number of amides is 2. The molecule has 3 rings (SSSR count). The predicted molar refractivity (Wildman–Crippen MR) is 92.0 cm³/mol. The molecule has 0 radical (unpaired) electrons. The van der Waals surface area contributed by atoms with E-state index >= 15 is 0 Å². The van der Waals surface area contributed by atoms with E-state index in [4.69, 9.17) is 4.74 Å². The Bertz CT molecular complexity index is 696. The van der Waals surface area contributed by atoms with Crippen LogP contribution in [0.25, 0.3) is 0 Å². The van der Waals surface area contributed by atoms with E-state index in [0.717, 1.165) is 0 Å². The van der Waals surface area contributed by atoms with Crippen LogP contribution in [0.2, 0.25) is 0 Å². The molecule has 8 nitrogen and oxygen atoms in total. The highest BCUT2D eigenvalue weighted by atomic mass is 16.5. The molecule has 2 aliphatic rings. The first kappa shape index (κ1) is 18.3. The number of hydrogen-bond donors (Lipinski definition) is 0. The van der Waals surface area contributed by atoms with Gasteiger partial charge in [-0.3, -0.25) is 14.4 Å². The summed E-state index contributed by atoms with van der Waals surface area (Å²) in [5, 5.41) is 7.47. The van der Waals surface area contributed by atoms with Gasteiger partial charge in [0.2, 0.25) is 5.91 Å². The maximum Gasteiger partial charge on any atom is 0.314 e. The molecule has 1 aromatic rings.